The lowest BCUT2D eigenvalue weighted by molar-refractivity contribution is -0.118. The summed E-state index contributed by atoms with van der Waals surface area (Å²) in [6, 6.07) is 13.3. The molecule has 11 heteroatoms. The molecular weight excluding hydrogens is 522 g/mol. The Bertz CT molecular complexity index is 1460. The molecule has 8 nitrogen and oxygen atoms in total. The van der Waals surface area contributed by atoms with Crippen molar-refractivity contribution in [2.24, 2.45) is 0 Å². The lowest BCUT2D eigenvalue weighted by atomic mass is 10.2. The topological polar surface area (TPSA) is 98.7 Å². The molecule has 1 amide bonds. The lowest BCUT2D eigenvalue weighted by Gasteiger charge is -2.20. The molecule has 0 aliphatic carbocycles. The number of sulfone groups is 1. The maximum atomic E-state index is 13.4. The number of aromatic nitrogens is 2. The van der Waals surface area contributed by atoms with Gasteiger partial charge in [0, 0.05) is 18.8 Å². The van der Waals surface area contributed by atoms with E-state index in [-0.39, 0.29) is 35.9 Å². The van der Waals surface area contributed by atoms with Gasteiger partial charge < -0.3 is 9.47 Å². The lowest BCUT2D eigenvalue weighted by Crippen LogP contribution is -2.30. The van der Waals surface area contributed by atoms with Crippen LogP contribution < -0.4 is 14.4 Å². The van der Waals surface area contributed by atoms with Crippen molar-refractivity contribution in [2.45, 2.75) is 24.3 Å². The summed E-state index contributed by atoms with van der Waals surface area (Å²) in [7, 11) is -0.488. The fourth-order valence-corrected chi connectivity index (χ4v) is 6.19. The number of carbonyl (C=O) groups is 1. The number of methoxy groups -OCH3 is 2. The maximum absolute atomic E-state index is 13.4. The molecule has 2 aromatic carbocycles. The van der Waals surface area contributed by atoms with Crippen molar-refractivity contribution < 1.29 is 22.7 Å². The van der Waals surface area contributed by atoms with Gasteiger partial charge in [0.2, 0.25) is 5.91 Å². The second kappa shape index (κ2) is 11.2. The number of ether oxygens (including phenoxy) is 2. The van der Waals surface area contributed by atoms with Crippen LogP contribution in [0.5, 0.6) is 11.5 Å². The van der Waals surface area contributed by atoms with Crippen LogP contribution in [0.2, 0.25) is 5.02 Å². The van der Waals surface area contributed by atoms with Crippen molar-refractivity contribution >= 4 is 54.0 Å². The summed E-state index contributed by atoms with van der Waals surface area (Å²) in [5.74, 6) is 0.711. The largest absolute Gasteiger partial charge is 0.497 e. The Kier molecular flexibility index (Phi) is 8.07. The number of halogens is 1. The molecule has 4 aromatic rings. The molecule has 0 fully saturated rings. The monoisotopic (exact) mass is 545 g/mol. The summed E-state index contributed by atoms with van der Waals surface area (Å²) in [6.07, 6.45) is 3.51. The fourth-order valence-electron chi connectivity index (χ4n) is 3.61. The van der Waals surface area contributed by atoms with Gasteiger partial charge in [-0.3, -0.25) is 14.7 Å². The molecule has 0 saturated carbocycles. The average Bonchev–Trinajstić information content (AvgIpc) is 3.34. The van der Waals surface area contributed by atoms with E-state index in [2.05, 4.69) is 9.97 Å². The second-order valence-corrected chi connectivity index (χ2v) is 11.4. The van der Waals surface area contributed by atoms with Crippen molar-refractivity contribution in [1.82, 2.24) is 9.97 Å². The number of pyridine rings is 1. The van der Waals surface area contributed by atoms with Crippen LogP contribution in [0, 0.1) is 0 Å². The highest BCUT2D eigenvalue weighted by Crippen LogP contribution is 2.39. The number of benzene rings is 2. The third kappa shape index (κ3) is 5.77. The van der Waals surface area contributed by atoms with E-state index in [0.29, 0.717) is 31.9 Å². The average molecular weight is 546 g/mol. The van der Waals surface area contributed by atoms with E-state index in [1.165, 1.54) is 35.5 Å². The predicted molar refractivity (Wildman–Crippen MR) is 141 cm³/mol. The summed E-state index contributed by atoms with van der Waals surface area (Å²) in [5.41, 5.74) is 1.38. The molecule has 0 atom stereocenters. The summed E-state index contributed by atoms with van der Waals surface area (Å²) in [5, 5.41) is 0.956. The fraction of sp³-hybridized carbons (Fsp3) is 0.240. The molecule has 0 unspecified atom stereocenters. The number of hydrogen-bond donors (Lipinski definition) is 0. The molecule has 2 aromatic heterocycles. The van der Waals surface area contributed by atoms with Gasteiger partial charge in [-0.2, -0.15) is 0 Å². The first kappa shape index (κ1) is 25.9. The van der Waals surface area contributed by atoms with E-state index in [1.54, 1.807) is 49.8 Å². The highest BCUT2D eigenvalue weighted by molar-refractivity contribution is 7.91. The van der Waals surface area contributed by atoms with Crippen molar-refractivity contribution in [3.05, 3.63) is 71.5 Å². The van der Waals surface area contributed by atoms with Crippen molar-refractivity contribution in [1.29, 1.82) is 0 Å². The van der Waals surface area contributed by atoms with Gasteiger partial charge in [-0.15, -0.1) is 0 Å². The van der Waals surface area contributed by atoms with Crippen molar-refractivity contribution in [2.75, 3.05) is 24.9 Å². The molecule has 0 aliphatic rings. The van der Waals surface area contributed by atoms with E-state index in [4.69, 9.17) is 21.1 Å². The number of fused-ring (bicyclic) bond motifs is 1. The van der Waals surface area contributed by atoms with E-state index in [9.17, 15) is 13.2 Å². The Morgan fingerprint density at radius 1 is 1.08 bits per heavy atom. The van der Waals surface area contributed by atoms with Gasteiger partial charge in [0.1, 0.15) is 17.0 Å². The van der Waals surface area contributed by atoms with Gasteiger partial charge in [-0.1, -0.05) is 29.0 Å². The van der Waals surface area contributed by atoms with Crippen molar-refractivity contribution in [3.8, 4) is 11.5 Å². The van der Waals surface area contributed by atoms with Gasteiger partial charge in [0.25, 0.3) is 0 Å². The molecule has 0 radical (unpaired) electrons. The molecule has 0 saturated heterocycles. The highest BCUT2D eigenvalue weighted by Gasteiger charge is 2.23. The van der Waals surface area contributed by atoms with Crippen LogP contribution in [0.1, 0.15) is 18.4 Å². The van der Waals surface area contributed by atoms with E-state index in [0.717, 1.165) is 5.56 Å². The summed E-state index contributed by atoms with van der Waals surface area (Å²) in [4.78, 5) is 23.9. The summed E-state index contributed by atoms with van der Waals surface area (Å²) < 4.78 is 36.7. The molecule has 0 spiro atoms. The number of anilines is 1. The molecule has 0 bridgehead atoms. The van der Waals surface area contributed by atoms with Gasteiger partial charge in [0.15, 0.2) is 15.0 Å². The molecule has 188 valence electrons. The number of thiazole rings is 1. The number of carbonyl (C=O) groups excluding carboxylic acids is 1. The van der Waals surface area contributed by atoms with E-state index >= 15 is 0 Å². The summed E-state index contributed by atoms with van der Waals surface area (Å²) in [6.45, 7) is 0.234. The number of nitrogens with zero attached hydrogens (tertiary/aromatic N) is 3. The first-order valence-corrected chi connectivity index (χ1v) is 13.9. The van der Waals surface area contributed by atoms with Gasteiger partial charge in [-0.05, 0) is 54.4 Å². The zero-order chi connectivity index (χ0) is 25.7. The van der Waals surface area contributed by atoms with Crippen LogP contribution in [0.4, 0.5) is 5.13 Å². The van der Waals surface area contributed by atoms with Crippen molar-refractivity contribution in [3.63, 3.8) is 0 Å². The Balaban J connectivity index is 1.55. The number of hydrogen-bond acceptors (Lipinski definition) is 8. The van der Waals surface area contributed by atoms with Gasteiger partial charge in [0.05, 0.1) is 41.1 Å². The Labute approximate surface area is 218 Å². The molecule has 4 rings (SSSR count). The first-order chi connectivity index (χ1) is 17.3. The normalized spacial score (nSPS) is 11.4. The minimum absolute atomic E-state index is 0.0242. The van der Waals surface area contributed by atoms with Crippen LogP contribution in [0.3, 0.4) is 0 Å². The third-order valence-electron chi connectivity index (χ3n) is 5.48. The highest BCUT2D eigenvalue weighted by atomic mass is 35.5. The Morgan fingerprint density at radius 3 is 2.53 bits per heavy atom. The van der Waals surface area contributed by atoms with Crippen LogP contribution in [-0.2, 0) is 21.2 Å². The Hall–Kier alpha value is -3.21. The van der Waals surface area contributed by atoms with Crippen LogP contribution in [0.25, 0.3) is 10.2 Å². The minimum Gasteiger partial charge on any atom is -0.497 e. The molecular formula is C25H24ClN3O5S2. The smallest absolute Gasteiger partial charge is 0.229 e. The van der Waals surface area contributed by atoms with E-state index < -0.39 is 9.84 Å². The minimum atomic E-state index is -3.55. The van der Waals surface area contributed by atoms with Gasteiger partial charge in [-0.25, -0.2) is 13.4 Å². The molecule has 2 heterocycles. The van der Waals surface area contributed by atoms with Crippen LogP contribution in [-0.4, -0.2) is 44.3 Å². The molecule has 0 aliphatic heterocycles. The molecule has 0 N–H and O–H groups in total. The van der Waals surface area contributed by atoms with Gasteiger partial charge >= 0.3 is 0 Å². The number of rotatable bonds is 10. The van der Waals surface area contributed by atoms with Crippen LogP contribution in [0.15, 0.2) is 65.8 Å². The quantitative estimate of drug-likeness (QED) is 0.272. The standard InChI is InChI=1S/C25H24ClN3O5S2/c1-33-18-7-9-19(10-8-18)36(31,32)14-4-6-22(30)29(16-17-5-3-13-27-15-17)25-28-23-21(34-2)12-11-20(26)24(23)35-25/h3,5,7-13,15H,4,6,14,16H2,1-2H3. The SMILES string of the molecule is COc1ccc(S(=O)(=O)CCCC(=O)N(Cc2cccnc2)c2nc3c(OC)ccc(Cl)c3s2)cc1. The van der Waals surface area contributed by atoms with Crippen LogP contribution >= 0.6 is 22.9 Å². The van der Waals surface area contributed by atoms with E-state index in [1.807, 2.05) is 6.07 Å². The maximum Gasteiger partial charge on any atom is 0.229 e. The second-order valence-electron chi connectivity index (χ2n) is 7.86. The third-order valence-corrected chi connectivity index (χ3v) is 8.84. The zero-order valence-corrected chi connectivity index (χ0v) is 22.1. The molecule has 36 heavy (non-hydrogen) atoms. The predicted octanol–water partition coefficient (Wildman–Crippen LogP) is 5.15. The summed E-state index contributed by atoms with van der Waals surface area (Å²) >= 11 is 7.66. The number of amides is 1. The Morgan fingerprint density at radius 2 is 1.86 bits per heavy atom. The zero-order valence-electron chi connectivity index (χ0n) is 19.7. The first-order valence-electron chi connectivity index (χ1n) is 11.0.